The highest BCUT2D eigenvalue weighted by Gasteiger charge is 2.13. The van der Waals surface area contributed by atoms with E-state index < -0.39 is 5.91 Å². The number of carbonyl (C=O) groups is 2. The van der Waals surface area contributed by atoms with Crippen molar-refractivity contribution in [2.45, 2.75) is 24.7 Å². The smallest absolute Gasteiger partial charge is 0.338 e. The van der Waals surface area contributed by atoms with Crippen molar-refractivity contribution in [3.63, 3.8) is 0 Å². The number of nitrogens with one attached hydrogen (secondary N) is 2. The average Bonchev–Trinajstić information content (AvgIpc) is 2.68. The summed E-state index contributed by atoms with van der Waals surface area (Å²) in [7, 11) is 0. The summed E-state index contributed by atoms with van der Waals surface area (Å²) >= 11 is 12.8. The van der Waals surface area contributed by atoms with Crippen LogP contribution in [0.3, 0.4) is 0 Å². The third kappa shape index (κ3) is 6.51. The summed E-state index contributed by atoms with van der Waals surface area (Å²) in [5.41, 5.74) is 1.44. The molecule has 2 aromatic carbocycles. The Bertz CT molecular complexity index is 857. The van der Waals surface area contributed by atoms with E-state index in [4.69, 9.17) is 28.6 Å². The van der Waals surface area contributed by atoms with Gasteiger partial charge in [0, 0.05) is 10.6 Å². The highest BCUT2D eigenvalue weighted by molar-refractivity contribution is 7.98. The van der Waals surface area contributed by atoms with Crippen LogP contribution in [0.15, 0.2) is 47.4 Å². The summed E-state index contributed by atoms with van der Waals surface area (Å²) in [6, 6.07) is 11.9. The number of esters is 1. The first kappa shape index (κ1) is 22.2. The van der Waals surface area contributed by atoms with Gasteiger partial charge >= 0.3 is 5.97 Å². The second kappa shape index (κ2) is 11.0. The molecule has 0 aromatic heterocycles. The van der Waals surface area contributed by atoms with E-state index in [1.165, 1.54) is 11.8 Å². The fourth-order valence-electron chi connectivity index (χ4n) is 2.22. The third-order valence-electron chi connectivity index (χ3n) is 3.75. The van der Waals surface area contributed by atoms with Crippen molar-refractivity contribution >= 4 is 58.3 Å². The van der Waals surface area contributed by atoms with Gasteiger partial charge in [-0.05, 0) is 67.4 Å². The standard InChI is InChI=1S/C20H21ClN2O3S2/c1-3-4-11-26-19(25)13-5-7-14(8-6-13)22-20(27)23-18(24)16-12-15(28-2)9-10-17(16)21/h5-10,12H,3-4,11H2,1-2H3,(H2,22,23,24,27). The number of rotatable bonds is 7. The number of hydrogen-bond acceptors (Lipinski definition) is 5. The Morgan fingerprint density at radius 3 is 2.54 bits per heavy atom. The Morgan fingerprint density at radius 2 is 1.89 bits per heavy atom. The van der Waals surface area contributed by atoms with Crippen molar-refractivity contribution in [2.24, 2.45) is 0 Å². The Labute approximate surface area is 179 Å². The summed E-state index contributed by atoms with van der Waals surface area (Å²) in [5.74, 6) is -0.756. The lowest BCUT2D eigenvalue weighted by Gasteiger charge is -2.11. The minimum absolute atomic E-state index is 0.133. The van der Waals surface area contributed by atoms with Gasteiger partial charge in [0.25, 0.3) is 5.91 Å². The zero-order chi connectivity index (χ0) is 20.5. The molecule has 0 fully saturated rings. The van der Waals surface area contributed by atoms with Crippen molar-refractivity contribution in [3.05, 3.63) is 58.6 Å². The molecule has 0 aliphatic rings. The van der Waals surface area contributed by atoms with Crippen LogP contribution < -0.4 is 10.6 Å². The summed E-state index contributed by atoms with van der Waals surface area (Å²) in [5, 5.41) is 6.00. The van der Waals surface area contributed by atoms with Gasteiger partial charge in [0.05, 0.1) is 22.8 Å². The predicted octanol–water partition coefficient (Wildman–Crippen LogP) is 5.15. The topological polar surface area (TPSA) is 67.4 Å². The molecule has 8 heteroatoms. The molecular weight excluding hydrogens is 416 g/mol. The second-order valence-electron chi connectivity index (χ2n) is 5.82. The number of unbranched alkanes of at least 4 members (excludes halogenated alkanes) is 1. The van der Waals surface area contributed by atoms with E-state index in [0.717, 1.165) is 17.7 Å². The Morgan fingerprint density at radius 1 is 1.18 bits per heavy atom. The van der Waals surface area contributed by atoms with Crippen LogP contribution in [0.1, 0.15) is 40.5 Å². The van der Waals surface area contributed by atoms with Gasteiger partial charge in [0.2, 0.25) is 0 Å². The zero-order valence-electron chi connectivity index (χ0n) is 15.6. The van der Waals surface area contributed by atoms with Gasteiger partial charge in [-0.3, -0.25) is 10.1 Å². The second-order valence-corrected chi connectivity index (χ2v) is 7.52. The Kier molecular flexibility index (Phi) is 8.76. The molecule has 0 aliphatic heterocycles. The molecule has 0 aliphatic carbocycles. The minimum Gasteiger partial charge on any atom is -0.462 e. The largest absolute Gasteiger partial charge is 0.462 e. The van der Waals surface area contributed by atoms with E-state index in [2.05, 4.69) is 10.6 Å². The Balaban J connectivity index is 1.94. The van der Waals surface area contributed by atoms with Crippen LogP contribution >= 0.6 is 35.6 Å². The van der Waals surface area contributed by atoms with Crippen LogP contribution in [0.25, 0.3) is 0 Å². The van der Waals surface area contributed by atoms with E-state index in [0.29, 0.717) is 28.4 Å². The molecule has 0 saturated heterocycles. The van der Waals surface area contributed by atoms with E-state index in [1.54, 1.807) is 36.4 Å². The van der Waals surface area contributed by atoms with Crippen LogP contribution in [0.4, 0.5) is 5.69 Å². The van der Waals surface area contributed by atoms with Crippen LogP contribution in [0.5, 0.6) is 0 Å². The van der Waals surface area contributed by atoms with E-state index in [9.17, 15) is 9.59 Å². The number of hydrogen-bond donors (Lipinski definition) is 2. The molecule has 0 unspecified atom stereocenters. The first-order valence-electron chi connectivity index (χ1n) is 8.67. The SMILES string of the molecule is CCCCOC(=O)c1ccc(NC(=S)NC(=O)c2cc(SC)ccc2Cl)cc1. The molecule has 0 saturated carbocycles. The number of anilines is 1. The lowest BCUT2D eigenvalue weighted by Crippen LogP contribution is -2.34. The van der Waals surface area contributed by atoms with Crippen molar-refractivity contribution in [1.29, 1.82) is 0 Å². The number of ether oxygens (including phenoxy) is 1. The van der Waals surface area contributed by atoms with Crippen LogP contribution in [-0.2, 0) is 4.74 Å². The lowest BCUT2D eigenvalue weighted by molar-refractivity contribution is 0.0499. The number of halogens is 1. The first-order valence-corrected chi connectivity index (χ1v) is 10.7. The molecule has 0 atom stereocenters. The molecule has 0 radical (unpaired) electrons. The molecular formula is C20H21ClN2O3S2. The van der Waals surface area contributed by atoms with Gasteiger partial charge in [0.1, 0.15) is 0 Å². The fraction of sp³-hybridized carbons (Fsp3) is 0.250. The number of thioether (sulfide) groups is 1. The lowest BCUT2D eigenvalue weighted by atomic mass is 10.2. The minimum atomic E-state index is -0.394. The highest BCUT2D eigenvalue weighted by Crippen LogP contribution is 2.23. The van der Waals surface area contributed by atoms with Gasteiger partial charge in [-0.2, -0.15) is 0 Å². The van der Waals surface area contributed by atoms with Gasteiger partial charge in [-0.15, -0.1) is 11.8 Å². The van der Waals surface area contributed by atoms with Gasteiger partial charge in [-0.25, -0.2) is 4.79 Å². The van der Waals surface area contributed by atoms with Crippen molar-refractivity contribution in [1.82, 2.24) is 5.32 Å². The maximum absolute atomic E-state index is 12.4. The van der Waals surface area contributed by atoms with Gasteiger partial charge < -0.3 is 10.1 Å². The molecule has 28 heavy (non-hydrogen) atoms. The summed E-state index contributed by atoms with van der Waals surface area (Å²) in [6.07, 6.45) is 3.72. The monoisotopic (exact) mass is 436 g/mol. The summed E-state index contributed by atoms with van der Waals surface area (Å²) in [4.78, 5) is 25.2. The normalized spacial score (nSPS) is 10.2. The van der Waals surface area contributed by atoms with E-state index in [1.807, 2.05) is 19.2 Å². The highest BCUT2D eigenvalue weighted by atomic mass is 35.5. The van der Waals surface area contributed by atoms with Crippen LogP contribution in [0, 0.1) is 0 Å². The number of thiocarbonyl (C=S) groups is 1. The number of carbonyl (C=O) groups excluding carboxylic acids is 2. The van der Waals surface area contributed by atoms with Gasteiger partial charge in [-0.1, -0.05) is 24.9 Å². The maximum atomic E-state index is 12.4. The van der Waals surface area contributed by atoms with E-state index >= 15 is 0 Å². The molecule has 2 aromatic rings. The summed E-state index contributed by atoms with van der Waals surface area (Å²) in [6.45, 7) is 2.44. The quantitative estimate of drug-likeness (QED) is 0.271. The maximum Gasteiger partial charge on any atom is 0.338 e. The number of amides is 1. The molecule has 148 valence electrons. The van der Waals surface area contributed by atoms with Crippen molar-refractivity contribution < 1.29 is 14.3 Å². The molecule has 0 bridgehead atoms. The van der Waals surface area contributed by atoms with Gasteiger partial charge in [0.15, 0.2) is 5.11 Å². The number of benzene rings is 2. The molecule has 0 heterocycles. The summed E-state index contributed by atoms with van der Waals surface area (Å²) < 4.78 is 5.16. The van der Waals surface area contributed by atoms with Crippen molar-refractivity contribution in [3.8, 4) is 0 Å². The third-order valence-corrected chi connectivity index (χ3v) is 5.01. The zero-order valence-corrected chi connectivity index (χ0v) is 18.0. The molecule has 2 N–H and O–H groups in total. The average molecular weight is 437 g/mol. The van der Waals surface area contributed by atoms with Crippen LogP contribution in [0.2, 0.25) is 5.02 Å². The van der Waals surface area contributed by atoms with E-state index in [-0.39, 0.29) is 11.1 Å². The fourth-order valence-corrected chi connectivity index (χ4v) is 3.07. The molecule has 5 nitrogen and oxygen atoms in total. The molecule has 0 spiro atoms. The molecule has 2 rings (SSSR count). The first-order chi connectivity index (χ1) is 13.4. The van der Waals surface area contributed by atoms with Crippen LogP contribution in [-0.4, -0.2) is 29.9 Å². The predicted molar refractivity (Wildman–Crippen MR) is 119 cm³/mol. The molecule has 1 amide bonds. The van der Waals surface area contributed by atoms with Crippen molar-refractivity contribution in [2.75, 3.05) is 18.2 Å². The Hall–Kier alpha value is -2.09.